The second kappa shape index (κ2) is 7.84. The van der Waals surface area contributed by atoms with Gasteiger partial charge in [-0.3, -0.25) is 14.4 Å². The van der Waals surface area contributed by atoms with Crippen LogP contribution in [0.3, 0.4) is 0 Å². The Bertz CT molecular complexity index is 950. The van der Waals surface area contributed by atoms with Gasteiger partial charge in [-0.1, -0.05) is 19.1 Å². The third kappa shape index (κ3) is 3.91. The zero-order valence-corrected chi connectivity index (χ0v) is 16.5. The van der Waals surface area contributed by atoms with Crippen molar-refractivity contribution in [1.82, 2.24) is 4.90 Å². The molecule has 0 fully saturated rings. The summed E-state index contributed by atoms with van der Waals surface area (Å²) in [4.78, 5) is 38.1. The minimum atomic E-state index is -0.359. The summed E-state index contributed by atoms with van der Waals surface area (Å²) < 4.78 is 5.66. The average molecular weight is 380 g/mol. The number of benzene rings is 2. The summed E-state index contributed by atoms with van der Waals surface area (Å²) in [5, 5.41) is 2.73. The number of hydrogen-bond acceptors (Lipinski definition) is 4. The van der Waals surface area contributed by atoms with Crippen LogP contribution >= 0.6 is 0 Å². The second-order valence-electron chi connectivity index (χ2n) is 7.31. The van der Waals surface area contributed by atoms with E-state index < -0.39 is 0 Å². The maximum Gasteiger partial charge on any atom is 0.262 e. The highest BCUT2D eigenvalue weighted by molar-refractivity contribution is 6.04. The molecule has 6 nitrogen and oxygen atoms in total. The van der Waals surface area contributed by atoms with Crippen molar-refractivity contribution < 1.29 is 19.1 Å². The lowest BCUT2D eigenvalue weighted by Crippen LogP contribution is -2.23. The van der Waals surface area contributed by atoms with Crippen molar-refractivity contribution in [2.75, 3.05) is 26.0 Å². The Hall–Kier alpha value is -3.15. The Labute approximate surface area is 164 Å². The van der Waals surface area contributed by atoms with E-state index in [1.54, 1.807) is 44.4 Å². The first-order valence-corrected chi connectivity index (χ1v) is 9.19. The van der Waals surface area contributed by atoms with Gasteiger partial charge in [-0.2, -0.15) is 0 Å². The van der Waals surface area contributed by atoms with E-state index in [1.807, 2.05) is 19.9 Å². The second-order valence-corrected chi connectivity index (χ2v) is 7.31. The summed E-state index contributed by atoms with van der Waals surface area (Å²) in [6.45, 7) is 3.78. The molecule has 2 aromatic rings. The molecule has 0 aromatic heterocycles. The van der Waals surface area contributed by atoms with Crippen LogP contribution in [0.1, 0.15) is 51.1 Å². The molecule has 1 atom stereocenters. The number of ether oxygens (including phenoxy) is 1. The fourth-order valence-corrected chi connectivity index (χ4v) is 3.56. The summed E-state index contributed by atoms with van der Waals surface area (Å²) in [7, 11) is 3.34. The number of hydrogen-bond donors (Lipinski definition) is 1. The number of amides is 2. The van der Waals surface area contributed by atoms with Crippen LogP contribution in [-0.4, -0.2) is 43.2 Å². The lowest BCUT2D eigenvalue weighted by atomic mass is 9.97. The van der Waals surface area contributed by atoms with Crippen molar-refractivity contribution in [3.8, 4) is 5.75 Å². The number of ketones is 1. The average Bonchev–Trinajstić information content (AvgIpc) is 2.96. The zero-order valence-electron chi connectivity index (χ0n) is 16.5. The quantitative estimate of drug-likeness (QED) is 0.863. The van der Waals surface area contributed by atoms with Crippen LogP contribution in [0.25, 0.3) is 0 Å². The molecule has 28 heavy (non-hydrogen) atoms. The highest BCUT2D eigenvalue weighted by Crippen LogP contribution is 2.40. The van der Waals surface area contributed by atoms with Gasteiger partial charge in [0.05, 0.1) is 5.56 Å². The van der Waals surface area contributed by atoms with Gasteiger partial charge in [-0.15, -0.1) is 0 Å². The summed E-state index contributed by atoms with van der Waals surface area (Å²) in [5.74, 6) is 0.160. The smallest absolute Gasteiger partial charge is 0.262 e. The van der Waals surface area contributed by atoms with Crippen LogP contribution in [0.5, 0.6) is 5.75 Å². The maximum atomic E-state index is 12.3. The normalized spacial score (nSPS) is 15.1. The highest BCUT2D eigenvalue weighted by atomic mass is 16.5. The zero-order chi connectivity index (χ0) is 20.4. The van der Waals surface area contributed by atoms with Gasteiger partial charge in [0.25, 0.3) is 11.8 Å². The lowest BCUT2D eigenvalue weighted by molar-refractivity contribution is -0.118. The number of Topliss-reactive ketones (excluding diaryl/α,β-unsaturated/α-hetero) is 1. The molecule has 1 aliphatic rings. The van der Waals surface area contributed by atoms with E-state index in [0.717, 1.165) is 11.1 Å². The number of anilines is 1. The van der Waals surface area contributed by atoms with Gasteiger partial charge in [0.1, 0.15) is 5.75 Å². The van der Waals surface area contributed by atoms with Crippen LogP contribution < -0.4 is 10.1 Å². The van der Waals surface area contributed by atoms with Crippen molar-refractivity contribution in [2.24, 2.45) is 0 Å². The molecule has 146 valence electrons. The molecule has 0 aliphatic heterocycles. The Kier molecular flexibility index (Phi) is 5.49. The molecule has 2 amide bonds. The van der Waals surface area contributed by atoms with Crippen LogP contribution in [-0.2, 0) is 4.79 Å². The first kappa shape index (κ1) is 19.6. The number of fused-ring (bicyclic) bond motifs is 1. The molecule has 1 aliphatic carbocycles. The topological polar surface area (TPSA) is 75.7 Å². The molecule has 1 N–H and O–H groups in total. The number of nitrogens with one attached hydrogen (secondary N) is 1. The molecule has 0 saturated carbocycles. The van der Waals surface area contributed by atoms with Gasteiger partial charge < -0.3 is 15.0 Å². The third-order valence-corrected chi connectivity index (χ3v) is 4.85. The Morgan fingerprint density at radius 2 is 1.96 bits per heavy atom. The predicted octanol–water partition coefficient (Wildman–Crippen LogP) is 3.40. The number of rotatable bonds is 5. The van der Waals surface area contributed by atoms with Crippen molar-refractivity contribution in [1.29, 1.82) is 0 Å². The standard InChI is InChI=1S/C22H24N2O4/c1-13-8-9-18(21-17(25)10-14(2)20(13)21)28-12-19(26)23-16-7-5-6-15(11-16)22(27)24(3)4/h5-9,11,14H,10,12H2,1-4H3,(H,23,26)/t14-/m1/s1. The molecule has 0 radical (unpaired) electrons. The van der Waals surface area contributed by atoms with E-state index in [1.165, 1.54) is 4.90 Å². The molecule has 0 bridgehead atoms. The minimum absolute atomic E-state index is 0.0523. The fourth-order valence-electron chi connectivity index (χ4n) is 3.56. The molecule has 3 rings (SSSR count). The van der Waals surface area contributed by atoms with Crippen LogP contribution in [0, 0.1) is 6.92 Å². The molecule has 0 heterocycles. The van der Waals surface area contributed by atoms with Crippen molar-refractivity contribution in [3.05, 3.63) is 58.7 Å². The fraction of sp³-hybridized carbons (Fsp3) is 0.318. The number of carbonyl (C=O) groups excluding carboxylic acids is 3. The van der Waals surface area contributed by atoms with Gasteiger partial charge in [-0.05, 0) is 48.2 Å². The predicted molar refractivity (Wildman–Crippen MR) is 107 cm³/mol. The van der Waals surface area contributed by atoms with E-state index in [2.05, 4.69) is 5.32 Å². The molecular formula is C22H24N2O4. The van der Waals surface area contributed by atoms with E-state index in [0.29, 0.717) is 29.0 Å². The molecule has 0 spiro atoms. The number of carbonyl (C=O) groups is 3. The third-order valence-electron chi connectivity index (χ3n) is 4.85. The van der Waals surface area contributed by atoms with E-state index >= 15 is 0 Å². The molecule has 0 saturated heterocycles. The monoisotopic (exact) mass is 380 g/mol. The minimum Gasteiger partial charge on any atom is -0.483 e. The summed E-state index contributed by atoms with van der Waals surface area (Å²) in [5.41, 5.74) is 3.67. The van der Waals surface area contributed by atoms with Crippen molar-refractivity contribution >= 4 is 23.3 Å². The van der Waals surface area contributed by atoms with E-state index in [9.17, 15) is 14.4 Å². The lowest BCUT2D eigenvalue weighted by Gasteiger charge is -2.14. The maximum absolute atomic E-state index is 12.3. The Morgan fingerprint density at radius 3 is 2.68 bits per heavy atom. The highest BCUT2D eigenvalue weighted by Gasteiger charge is 2.31. The van der Waals surface area contributed by atoms with Crippen molar-refractivity contribution in [3.63, 3.8) is 0 Å². The largest absolute Gasteiger partial charge is 0.483 e. The Morgan fingerprint density at radius 1 is 1.21 bits per heavy atom. The van der Waals surface area contributed by atoms with Crippen LogP contribution in [0.4, 0.5) is 5.69 Å². The summed E-state index contributed by atoms with van der Waals surface area (Å²) in [6.07, 6.45) is 0.468. The number of aryl methyl sites for hydroxylation is 1. The van der Waals surface area contributed by atoms with Gasteiger partial charge >= 0.3 is 0 Å². The summed E-state index contributed by atoms with van der Waals surface area (Å²) in [6, 6.07) is 10.4. The van der Waals surface area contributed by atoms with Crippen LogP contribution in [0.15, 0.2) is 36.4 Å². The molecule has 2 aromatic carbocycles. The molecular weight excluding hydrogens is 356 g/mol. The first-order chi connectivity index (χ1) is 13.3. The van der Waals surface area contributed by atoms with Gasteiger partial charge in [-0.25, -0.2) is 0 Å². The van der Waals surface area contributed by atoms with E-state index in [-0.39, 0.29) is 30.1 Å². The molecule has 6 heteroatoms. The van der Waals surface area contributed by atoms with Gasteiger partial charge in [0, 0.05) is 31.8 Å². The van der Waals surface area contributed by atoms with Crippen LogP contribution in [0.2, 0.25) is 0 Å². The first-order valence-electron chi connectivity index (χ1n) is 9.19. The Balaban J connectivity index is 1.69. The SMILES string of the molecule is Cc1ccc(OCC(=O)Nc2cccc(C(=O)N(C)C)c2)c2c1[C@H](C)CC2=O. The molecule has 0 unspecified atom stereocenters. The number of nitrogens with zero attached hydrogens (tertiary/aromatic N) is 1. The van der Waals surface area contributed by atoms with Gasteiger partial charge in [0.15, 0.2) is 12.4 Å². The summed E-state index contributed by atoms with van der Waals surface area (Å²) >= 11 is 0. The van der Waals surface area contributed by atoms with E-state index in [4.69, 9.17) is 4.74 Å². The van der Waals surface area contributed by atoms with Crippen molar-refractivity contribution in [2.45, 2.75) is 26.2 Å². The van der Waals surface area contributed by atoms with Gasteiger partial charge in [0.2, 0.25) is 0 Å².